The molecular weight excluding hydrogens is 286 g/mol. The predicted molar refractivity (Wildman–Crippen MR) is 86.1 cm³/mol. The van der Waals surface area contributed by atoms with Crippen LogP contribution in [-0.4, -0.2) is 49.8 Å². The minimum atomic E-state index is -3.28. The third kappa shape index (κ3) is 3.60. The van der Waals surface area contributed by atoms with Crippen LogP contribution in [0.4, 0.5) is 0 Å². The number of hydrogen-bond donors (Lipinski definition) is 1. The van der Waals surface area contributed by atoms with E-state index in [2.05, 4.69) is 13.8 Å². The zero-order valence-electron chi connectivity index (χ0n) is 13.6. The van der Waals surface area contributed by atoms with Crippen molar-refractivity contribution in [2.45, 2.75) is 52.4 Å². The fourth-order valence-electron chi connectivity index (χ4n) is 3.74. The van der Waals surface area contributed by atoms with Crippen molar-refractivity contribution in [1.29, 1.82) is 0 Å². The van der Waals surface area contributed by atoms with E-state index in [4.69, 9.17) is 5.73 Å². The average molecular weight is 317 g/mol. The molecule has 0 saturated carbocycles. The molecular formula is C15H31N3O2S. The molecule has 2 aliphatic rings. The minimum absolute atomic E-state index is 0.323. The molecule has 5 nitrogen and oxygen atoms in total. The smallest absolute Gasteiger partial charge is 0.281 e. The van der Waals surface area contributed by atoms with Crippen molar-refractivity contribution in [3.63, 3.8) is 0 Å². The molecule has 1 atom stereocenters. The average Bonchev–Trinajstić information content (AvgIpc) is 2.55. The van der Waals surface area contributed by atoms with Crippen molar-refractivity contribution in [1.82, 2.24) is 8.61 Å². The SMILES string of the molecule is CCC1(CC)CCN(S(=O)(=O)N2CCCC(CN)C2)CC1. The van der Waals surface area contributed by atoms with Gasteiger partial charge in [-0.25, -0.2) is 0 Å². The fraction of sp³-hybridized carbons (Fsp3) is 1.00. The van der Waals surface area contributed by atoms with E-state index in [0.717, 1.165) is 38.5 Å². The normalized spacial score (nSPS) is 28.6. The lowest BCUT2D eigenvalue weighted by atomic mass is 9.75. The van der Waals surface area contributed by atoms with E-state index in [1.165, 1.54) is 0 Å². The van der Waals surface area contributed by atoms with E-state index in [1.54, 1.807) is 8.61 Å². The van der Waals surface area contributed by atoms with Crippen molar-refractivity contribution in [3.05, 3.63) is 0 Å². The molecule has 0 bridgehead atoms. The van der Waals surface area contributed by atoms with Gasteiger partial charge < -0.3 is 5.73 Å². The zero-order valence-corrected chi connectivity index (χ0v) is 14.4. The first kappa shape index (κ1) is 17.2. The Labute approximate surface area is 130 Å². The van der Waals surface area contributed by atoms with Crippen LogP contribution in [0.2, 0.25) is 0 Å². The molecule has 0 aliphatic carbocycles. The second-order valence-electron chi connectivity index (χ2n) is 6.72. The molecule has 2 N–H and O–H groups in total. The van der Waals surface area contributed by atoms with Crippen LogP contribution in [0.3, 0.4) is 0 Å². The molecule has 0 radical (unpaired) electrons. The maximum Gasteiger partial charge on any atom is 0.281 e. The van der Waals surface area contributed by atoms with Crippen molar-refractivity contribution in [2.75, 3.05) is 32.7 Å². The Bertz CT molecular complexity index is 424. The monoisotopic (exact) mass is 317 g/mol. The number of hydrogen-bond acceptors (Lipinski definition) is 3. The minimum Gasteiger partial charge on any atom is -0.330 e. The van der Waals surface area contributed by atoms with Gasteiger partial charge in [0.2, 0.25) is 0 Å². The topological polar surface area (TPSA) is 66.6 Å². The molecule has 2 rings (SSSR count). The summed E-state index contributed by atoms with van der Waals surface area (Å²) < 4.78 is 29.0. The van der Waals surface area contributed by atoms with E-state index in [-0.39, 0.29) is 0 Å². The summed E-state index contributed by atoms with van der Waals surface area (Å²) in [6, 6.07) is 0. The van der Waals surface area contributed by atoms with E-state index in [1.807, 2.05) is 0 Å². The van der Waals surface area contributed by atoms with Gasteiger partial charge in [-0.15, -0.1) is 0 Å². The van der Waals surface area contributed by atoms with Crippen LogP contribution in [-0.2, 0) is 10.2 Å². The number of nitrogens with two attached hydrogens (primary N) is 1. The summed E-state index contributed by atoms with van der Waals surface area (Å²) in [5.41, 5.74) is 6.08. The molecule has 2 aliphatic heterocycles. The first-order chi connectivity index (χ1) is 9.97. The molecule has 0 aromatic heterocycles. The lowest BCUT2D eigenvalue weighted by molar-refractivity contribution is 0.134. The third-order valence-electron chi connectivity index (χ3n) is 5.75. The van der Waals surface area contributed by atoms with Gasteiger partial charge in [0.15, 0.2) is 0 Å². The highest BCUT2D eigenvalue weighted by Gasteiger charge is 2.39. The molecule has 2 heterocycles. The Morgan fingerprint density at radius 2 is 1.71 bits per heavy atom. The van der Waals surface area contributed by atoms with Gasteiger partial charge in [-0.2, -0.15) is 17.0 Å². The van der Waals surface area contributed by atoms with E-state index >= 15 is 0 Å². The molecule has 124 valence electrons. The summed E-state index contributed by atoms with van der Waals surface area (Å²) in [5, 5.41) is 0. The van der Waals surface area contributed by atoms with Crippen LogP contribution in [0.15, 0.2) is 0 Å². The fourth-order valence-corrected chi connectivity index (χ4v) is 5.47. The van der Waals surface area contributed by atoms with Crippen LogP contribution in [0, 0.1) is 11.3 Å². The standard InChI is InChI=1S/C15H31N3O2S/c1-3-15(4-2)7-10-17(11-8-15)21(19,20)18-9-5-6-14(12-16)13-18/h14H,3-13,16H2,1-2H3. The molecule has 2 saturated heterocycles. The molecule has 1 unspecified atom stereocenters. The summed E-state index contributed by atoms with van der Waals surface area (Å²) >= 11 is 0. The number of rotatable bonds is 5. The predicted octanol–water partition coefficient (Wildman–Crippen LogP) is 1.80. The van der Waals surface area contributed by atoms with Crippen molar-refractivity contribution >= 4 is 10.2 Å². The second-order valence-corrected chi connectivity index (χ2v) is 8.64. The van der Waals surface area contributed by atoms with Crippen LogP contribution in [0.25, 0.3) is 0 Å². The van der Waals surface area contributed by atoms with E-state index in [0.29, 0.717) is 44.1 Å². The Hall–Kier alpha value is -0.170. The van der Waals surface area contributed by atoms with Gasteiger partial charge >= 0.3 is 0 Å². The van der Waals surface area contributed by atoms with E-state index in [9.17, 15) is 8.42 Å². The second kappa shape index (κ2) is 6.94. The number of piperidine rings is 2. The molecule has 21 heavy (non-hydrogen) atoms. The molecule has 6 heteroatoms. The van der Waals surface area contributed by atoms with Gasteiger partial charge in [0.25, 0.3) is 10.2 Å². The summed E-state index contributed by atoms with van der Waals surface area (Å²) in [6.45, 7) is 7.64. The largest absolute Gasteiger partial charge is 0.330 e. The Balaban J connectivity index is 2.01. The van der Waals surface area contributed by atoms with Gasteiger partial charge in [0.05, 0.1) is 0 Å². The van der Waals surface area contributed by atoms with Gasteiger partial charge in [-0.3, -0.25) is 0 Å². The highest BCUT2D eigenvalue weighted by atomic mass is 32.2. The van der Waals surface area contributed by atoms with Gasteiger partial charge in [0, 0.05) is 26.2 Å². The van der Waals surface area contributed by atoms with Gasteiger partial charge in [-0.1, -0.05) is 26.7 Å². The maximum absolute atomic E-state index is 12.8. The maximum atomic E-state index is 12.8. The van der Waals surface area contributed by atoms with Gasteiger partial charge in [-0.05, 0) is 43.6 Å². The van der Waals surface area contributed by atoms with Crippen LogP contribution >= 0.6 is 0 Å². The van der Waals surface area contributed by atoms with Gasteiger partial charge in [0.1, 0.15) is 0 Å². The first-order valence-corrected chi connectivity index (χ1v) is 9.82. The Kier molecular flexibility index (Phi) is 5.68. The third-order valence-corrected chi connectivity index (χ3v) is 7.75. The summed E-state index contributed by atoms with van der Waals surface area (Å²) in [6.07, 6.45) is 6.27. The Morgan fingerprint density at radius 3 is 2.24 bits per heavy atom. The van der Waals surface area contributed by atoms with Crippen molar-refractivity contribution in [3.8, 4) is 0 Å². The molecule has 2 fully saturated rings. The first-order valence-electron chi connectivity index (χ1n) is 8.42. The lowest BCUT2D eigenvalue weighted by Gasteiger charge is -2.42. The lowest BCUT2D eigenvalue weighted by Crippen LogP contribution is -2.52. The summed E-state index contributed by atoms with van der Waals surface area (Å²) in [5.74, 6) is 0.323. The van der Waals surface area contributed by atoms with Crippen molar-refractivity contribution in [2.24, 2.45) is 17.1 Å². The Morgan fingerprint density at radius 1 is 1.10 bits per heavy atom. The van der Waals surface area contributed by atoms with Crippen LogP contribution in [0.5, 0.6) is 0 Å². The summed E-state index contributed by atoms with van der Waals surface area (Å²) in [4.78, 5) is 0. The van der Waals surface area contributed by atoms with Crippen molar-refractivity contribution < 1.29 is 8.42 Å². The quantitative estimate of drug-likeness (QED) is 0.841. The van der Waals surface area contributed by atoms with Crippen LogP contribution < -0.4 is 5.73 Å². The van der Waals surface area contributed by atoms with E-state index < -0.39 is 10.2 Å². The molecule has 0 aromatic carbocycles. The highest BCUT2D eigenvalue weighted by molar-refractivity contribution is 7.86. The summed E-state index contributed by atoms with van der Waals surface area (Å²) in [7, 11) is -3.28. The molecule has 0 aromatic rings. The highest BCUT2D eigenvalue weighted by Crippen LogP contribution is 2.39. The molecule has 0 spiro atoms. The zero-order chi connectivity index (χ0) is 15.5. The molecule has 0 amide bonds. The number of nitrogens with zero attached hydrogens (tertiary/aromatic N) is 2. The van der Waals surface area contributed by atoms with Crippen LogP contribution in [0.1, 0.15) is 52.4 Å².